The summed E-state index contributed by atoms with van der Waals surface area (Å²) in [6.45, 7) is 10.7. The van der Waals surface area contributed by atoms with Crippen LogP contribution in [0.4, 0.5) is 4.79 Å². The molecule has 0 saturated carbocycles. The summed E-state index contributed by atoms with van der Waals surface area (Å²) in [6.07, 6.45) is -1.05. The lowest BCUT2D eigenvalue weighted by Gasteiger charge is -2.40. The van der Waals surface area contributed by atoms with Crippen molar-refractivity contribution in [3.05, 3.63) is 59.7 Å². The Hall–Kier alpha value is -3.92. The van der Waals surface area contributed by atoms with E-state index in [9.17, 15) is 24.3 Å². The quantitative estimate of drug-likeness (QED) is 0.280. The van der Waals surface area contributed by atoms with Gasteiger partial charge in [-0.25, -0.2) is 4.79 Å². The van der Waals surface area contributed by atoms with Gasteiger partial charge in [-0.2, -0.15) is 0 Å². The van der Waals surface area contributed by atoms with Crippen LogP contribution in [0.25, 0.3) is 11.1 Å². The number of carbonyl (C=O) groups is 4. The molecule has 1 aliphatic carbocycles. The summed E-state index contributed by atoms with van der Waals surface area (Å²) in [5.41, 5.74) is 2.98. The number of carbonyl (C=O) groups excluding carboxylic acids is 3. The number of alkyl carbamates (subject to hydrolysis) is 1. The van der Waals surface area contributed by atoms with Crippen LogP contribution in [0.15, 0.2) is 48.5 Å². The number of hydrogen-bond donors (Lipinski definition) is 3. The van der Waals surface area contributed by atoms with Crippen LogP contribution < -0.4 is 10.6 Å². The molecule has 2 aromatic carbocycles. The van der Waals surface area contributed by atoms with Crippen molar-refractivity contribution in [2.75, 3.05) is 20.8 Å². The summed E-state index contributed by atoms with van der Waals surface area (Å²) in [5.74, 6) is -2.44. The van der Waals surface area contributed by atoms with Gasteiger partial charge in [0.15, 0.2) is 0 Å². The SMILES string of the molecule is CC[C@H](C)[C@@H]([C@@H](CC(=O)O)OC)N(C)C(=O)[C@@H](NC(=O)C(C)(C)NC(=O)OCC1c2ccccc2-c2ccccc21)C(C)C. The van der Waals surface area contributed by atoms with Crippen LogP contribution in [0.3, 0.4) is 0 Å². The van der Waals surface area contributed by atoms with E-state index >= 15 is 0 Å². The highest BCUT2D eigenvalue weighted by Crippen LogP contribution is 2.44. The lowest BCUT2D eigenvalue weighted by Crippen LogP contribution is -2.62. The molecule has 0 radical (unpaired) electrons. The summed E-state index contributed by atoms with van der Waals surface area (Å²) in [6, 6.07) is 14.6. The van der Waals surface area contributed by atoms with Gasteiger partial charge in [0.2, 0.25) is 11.8 Å². The number of fused-ring (bicyclic) bond motifs is 3. The predicted octanol–water partition coefficient (Wildman–Crippen LogP) is 4.81. The molecule has 10 nitrogen and oxygen atoms in total. The summed E-state index contributed by atoms with van der Waals surface area (Å²) in [7, 11) is 3.04. The summed E-state index contributed by atoms with van der Waals surface area (Å²) < 4.78 is 11.1. The highest BCUT2D eigenvalue weighted by molar-refractivity contribution is 5.93. The number of methoxy groups -OCH3 is 1. The normalized spacial score (nSPS) is 15.4. The highest BCUT2D eigenvalue weighted by Gasteiger charge is 2.40. The number of nitrogens with zero attached hydrogens (tertiary/aromatic N) is 1. The number of rotatable bonds is 14. The van der Waals surface area contributed by atoms with E-state index in [0.29, 0.717) is 6.42 Å². The molecular weight excluding hydrogens is 562 g/mol. The first kappa shape index (κ1) is 34.6. The van der Waals surface area contributed by atoms with E-state index in [-0.39, 0.29) is 36.7 Å². The van der Waals surface area contributed by atoms with Gasteiger partial charge in [-0.05, 0) is 47.9 Å². The van der Waals surface area contributed by atoms with Gasteiger partial charge < -0.3 is 30.1 Å². The molecule has 3 rings (SSSR count). The zero-order valence-corrected chi connectivity index (χ0v) is 27.0. The number of amides is 3. The van der Waals surface area contributed by atoms with E-state index in [1.165, 1.54) is 12.0 Å². The summed E-state index contributed by atoms with van der Waals surface area (Å²) in [4.78, 5) is 53.2. The third kappa shape index (κ3) is 7.77. The first-order chi connectivity index (χ1) is 20.7. The number of benzene rings is 2. The van der Waals surface area contributed by atoms with Crippen LogP contribution in [0.5, 0.6) is 0 Å². The average molecular weight is 610 g/mol. The van der Waals surface area contributed by atoms with Gasteiger partial charge in [-0.1, -0.05) is 82.6 Å². The number of carboxylic acid groups (broad SMARTS) is 1. The Labute approximate surface area is 260 Å². The van der Waals surface area contributed by atoms with Gasteiger partial charge in [-0.15, -0.1) is 0 Å². The lowest BCUT2D eigenvalue weighted by molar-refractivity contribution is -0.148. The molecule has 0 saturated heterocycles. The maximum atomic E-state index is 13.8. The van der Waals surface area contributed by atoms with Gasteiger partial charge in [-0.3, -0.25) is 14.4 Å². The van der Waals surface area contributed by atoms with E-state index < -0.39 is 41.7 Å². The Kier molecular flexibility index (Phi) is 11.6. The first-order valence-electron chi connectivity index (χ1n) is 15.2. The predicted molar refractivity (Wildman–Crippen MR) is 168 cm³/mol. The molecule has 1 aliphatic rings. The minimum absolute atomic E-state index is 0.0663. The first-order valence-corrected chi connectivity index (χ1v) is 15.2. The van der Waals surface area contributed by atoms with Crippen LogP contribution in [-0.2, 0) is 23.9 Å². The number of nitrogens with one attached hydrogen (secondary N) is 2. The standard InChI is InChI=1S/C34H47N3O7/c1-9-21(4)30(27(43-8)18-28(38)39)37(7)31(40)29(20(2)3)35-32(41)34(5,6)36-33(42)44-19-26-24-16-12-10-14-22(24)23-15-11-13-17-25(23)26/h10-17,20-21,26-27,29-30H,9,18-19H2,1-8H3,(H,35,41)(H,36,42)(H,38,39)/t21-,27+,29-,30-/m0/s1. The molecule has 3 N–H and O–H groups in total. The summed E-state index contributed by atoms with van der Waals surface area (Å²) in [5, 5.41) is 14.9. The topological polar surface area (TPSA) is 134 Å². The van der Waals surface area contributed by atoms with Crippen LogP contribution in [0.2, 0.25) is 0 Å². The van der Waals surface area contributed by atoms with Crippen molar-refractivity contribution in [2.24, 2.45) is 11.8 Å². The van der Waals surface area contributed by atoms with E-state index in [1.54, 1.807) is 20.9 Å². The van der Waals surface area contributed by atoms with E-state index in [2.05, 4.69) is 22.8 Å². The highest BCUT2D eigenvalue weighted by atomic mass is 16.5. The monoisotopic (exact) mass is 609 g/mol. The maximum absolute atomic E-state index is 13.8. The molecule has 0 aliphatic heterocycles. The second kappa shape index (κ2) is 14.7. The summed E-state index contributed by atoms with van der Waals surface area (Å²) >= 11 is 0. The molecular formula is C34H47N3O7. The molecule has 0 spiro atoms. The molecule has 3 amide bonds. The van der Waals surface area contributed by atoms with Crippen molar-refractivity contribution in [1.82, 2.24) is 15.5 Å². The minimum atomic E-state index is -1.40. The number of ether oxygens (including phenoxy) is 2. The zero-order valence-electron chi connectivity index (χ0n) is 27.0. The zero-order chi connectivity index (χ0) is 32.8. The van der Waals surface area contributed by atoms with Crippen molar-refractivity contribution in [1.29, 1.82) is 0 Å². The molecule has 2 aromatic rings. The number of carboxylic acids is 1. The van der Waals surface area contributed by atoms with Crippen LogP contribution in [0.1, 0.15) is 71.4 Å². The maximum Gasteiger partial charge on any atom is 0.408 e. The van der Waals surface area contributed by atoms with Crippen molar-refractivity contribution in [2.45, 2.75) is 84.0 Å². The van der Waals surface area contributed by atoms with Gasteiger partial charge >= 0.3 is 12.1 Å². The van der Waals surface area contributed by atoms with Crippen molar-refractivity contribution in [3.63, 3.8) is 0 Å². The fourth-order valence-corrected chi connectivity index (χ4v) is 5.90. The van der Waals surface area contributed by atoms with E-state index in [0.717, 1.165) is 22.3 Å². The number of aliphatic carboxylic acids is 1. The Morgan fingerprint density at radius 2 is 1.52 bits per heavy atom. The van der Waals surface area contributed by atoms with Gasteiger partial charge in [0.05, 0.1) is 18.6 Å². The molecule has 0 aromatic heterocycles. The lowest BCUT2D eigenvalue weighted by atomic mass is 9.90. The third-order valence-electron chi connectivity index (χ3n) is 8.63. The van der Waals surface area contributed by atoms with Crippen LogP contribution in [-0.4, -0.2) is 78.4 Å². The fourth-order valence-electron chi connectivity index (χ4n) is 5.90. The van der Waals surface area contributed by atoms with Gasteiger partial charge in [0.25, 0.3) is 0 Å². The molecule has 0 bridgehead atoms. The number of hydrogen-bond acceptors (Lipinski definition) is 6. The van der Waals surface area contributed by atoms with Crippen molar-refractivity contribution in [3.8, 4) is 11.1 Å². The van der Waals surface area contributed by atoms with Gasteiger partial charge in [0.1, 0.15) is 18.2 Å². The molecule has 4 atom stereocenters. The Bertz CT molecular complexity index is 1300. The molecule has 0 heterocycles. The molecule has 0 fully saturated rings. The second-order valence-electron chi connectivity index (χ2n) is 12.5. The van der Waals surface area contributed by atoms with Crippen LogP contribution >= 0.6 is 0 Å². The minimum Gasteiger partial charge on any atom is -0.481 e. The smallest absolute Gasteiger partial charge is 0.408 e. The largest absolute Gasteiger partial charge is 0.481 e. The Morgan fingerprint density at radius 3 is 2.00 bits per heavy atom. The van der Waals surface area contributed by atoms with Crippen molar-refractivity contribution >= 4 is 23.9 Å². The molecule has 10 heteroatoms. The molecule has 240 valence electrons. The second-order valence-corrected chi connectivity index (χ2v) is 12.5. The van der Waals surface area contributed by atoms with Crippen LogP contribution in [0, 0.1) is 11.8 Å². The Morgan fingerprint density at radius 1 is 0.977 bits per heavy atom. The molecule has 44 heavy (non-hydrogen) atoms. The Balaban J connectivity index is 1.69. The van der Waals surface area contributed by atoms with Crippen molar-refractivity contribution < 1.29 is 33.8 Å². The fraction of sp³-hybridized carbons (Fsp3) is 0.529. The van der Waals surface area contributed by atoms with Gasteiger partial charge in [0, 0.05) is 20.1 Å². The van der Waals surface area contributed by atoms with E-state index in [4.69, 9.17) is 9.47 Å². The molecule has 0 unspecified atom stereocenters. The van der Waals surface area contributed by atoms with E-state index in [1.807, 2.05) is 64.1 Å². The third-order valence-corrected chi connectivity index (χ3v) is 8.63. The average Bonchev–Trinajstić information content (AvgIpc) is 3.30. The number of likely N-dealkylation sites (N-methyl/N-ethyl adjacent to an activating group) is 1.